The summed E-state index contributed by atoms with van der Waals surface area (Å²) in [5, 5.41) is 9.03. The number of amides is 1. The Hall–Kier alpha value is -0.220. The first-order valence-electron chi connectivity index (χ1n) is 7.22. The normalized spacial score (nSPS) is 12.2. The van der Waals surface area contributed by atoms with Crippen LogP contribution in [0.1, 0.15) is 10.4 Å². The van der Waals surface area contributed by atoms with Crippen molar-refractivity contribution in [2.75, 3.05) is 5.32 Å². The second kappa shape index (κ2) is 10.0. The molecule has 3 N–H and O–H groups in total. The molecule has 0 aliphatic rings. The van der Waals surface area contributed by atoms with Gasteiger partial charge in [0.25, 0.3) is 5.91 Å². The van der Waals surface area contributed by atoms with E-state index in [4.69, 9.17) is 70.2 Å². The third-order valence-corrected chi connectivity index (χ3v) is 5.23. The SMILES string of the molecule is O=C(NC(NC(=S)Nc1cccc(I)c1)C(Cl)(Cl)Cl)c1ccc(Cl)cc1Cl. The zero-order valence-corrected chi connectivity index (χ0v) is 20.0. The van der Waals surface area contributed by atoms with E-state index < -0.39 is 15.9 Å². The van der Waals surface area contributed by atoms with Crippen LogP contribution in [0.2, 0.25) is 10.0 Å². The summed E-state index contributed by atoms with van der Waals surface area (Å²) in [5.74, 6) is -0.558. The number of carbonyl (C=O) groups is 1. The van der Waals surface area contributed by atoms with Crippen LogP contribution in [-0.2, 0) is 0 Å². The number of hydrogen-bond donors (Lipinski definition) is 3. The molecule has 1 atom stereocenters. The third kappa shape index (κ3) is 7.27. The molecule has 0 saturated heterocycles. The summed E-state index contributed by atoms with van der Waals surface area (Å²) in [4.78, 5) is 12.5. The summed E-state index contributed by atoms with van der Waals surface area (Å²) in [6.45, 7) is 0. The van der Waals surface area contributed by atoms with Crippen LogP contribution in [0.15, 0.2) is 42.5 Å². The summed E-state index contributed by atoms with van der Waals surface area (Å²) in [6.07, 6.45) is -1.12. The van der Waals surface area contributed by atoms with Crippen LogP contribution in [0.25, 0.3) is 0 Å². The molecular weight excluding hydrogens is 586 g/mol. The highest BCUT2D eigenvalue weighted by atomic mass is 127. The van der Waals surface area contributed by atoms with Crippen LogP contribution in [0.3, 0.4) is 0 Å². The van der Waals surface area contributed by atoms with Crippen molar-refractivity contribution in [3.63, 3.8) is 0 Å². The zero-order chi connectivity index (χ0) is 20.2. The summed E-state index contributed by atoms with van der Waals surface area (Å²) >= 11 is 37.2. The lowest BCUT2D eigenvalue weighted by Gasteiger charge is -2.28. The molecule has 0 saturated carbocycles. The number of hydrogen-bond acceptors (Lipinski definition) is 2. The minimum Gasteiger partial charge on any atom is -0.339 e. The fraction of sp³-hybridized carbons (Fsp3) is 0.125. The van der Waals surface area contributed by atoms with E-state index in [9.17, 15) is 4.79 Å². The van der Waals surface area contributed by atoms with E-state index in [2.05, 4.69) is 38.5 Å². The van der Waals surface area contributed by atoms with Gasteiger partial charge in [-0.05, 0) is 71.2 Å². The van der Waals surface area contributed by atoms with E-state index in [1.54, 1.807) is 0 Å². The average molecular weight is 598 g/mol. The lowest BCUT2D eigenvalue weighted by Crippen LogP contribution is -2.56. The minimum atomic E-state index is -1.88. The molecule has 0 aromatic heterocycles. The van der Waals surface area contributed by atoms with E-state index >= 15 is 0 Å². The van der Waals surface area contributed by atoms with Crippen LogP contribution < -0.4 is 16.0 Å². The van der Waals surface area contributed by atoms with Gasteiger partial charge >= 0.3 is 0 Å². The smallest absolute Gasteiger partial charge is 0.254 e. The molecule has 2 rings (SSSR count). The standard InChI is InChI=1S/C16H11Cl5IN3OS/c17-8-4-5-11(12(18)6-8)13(26)24-14(16(19,20)21)25-15(27)23-10-3-1-2-9(22)7-10/h1-7,14H,(H,24,26)(H2,23,25,27). The van der Waals surface area contributed by atoms with E-state index in [1.165, 1.54) is 18.2 Å². The Labute approximate surface area is 200 Å². The number of benzene rings is 2. The quantitative estimate of drug-likeness (QED) is 0.175. The lowest BCUT2D eigenvalue weighted by atomic mass is 10.2. The van der Waals surface area contributed by atoms with Crippen LogP contribution in [0.4, 0.5) is 5.69 Å². The molecule has 11 heteroatoms. The van der Waals surface area contributed by atoms with Crippen molar-refractivity contribution < 1.29 is 4.79 Å². The van der Waals surface area contributed by atoms with Gasteiger partial charge < -0.3 is 16.0 Å². The van der Waals surface area contributed by atoms with E-state index in [1.807, 2.05) is 24.3 Å². The van der Waals surface area contributed by atoms with Crippen LogP contribution in [0.5, 0.6) is 0 Å². The molecule has 0 bridgehead atoms. The van der Waals surface area contributed by atoms with Gasteiger partial charge in [-0.1, -0.05) is 64.1 Å². The van der Waals surface area contributed by atoms with Crippen molar-refractivity contribution in [1.82, 2.24) is 10.6 Å². The van der Waals surface area contributed by atoms with E-state index in [0.29, 0.717) is 5.02 Å². The van der Waals surface area contributed by atoms with E-state index in [-0.39, 0.29) is 15.7 Å². The Kier molecular flexibility index (Phi) is 8.54. The van der Waals surface area contributed by atoms with Gasteiger partial charge in [-0.15, -0.1) is 0 Å². The molecule has 4 nitrogen and oxygen atoms in total. The predicted octanol–water partition coefficient (Wildman–Crippen LogP) is 6.01. The molecule has 1 unspecified atom stereocenters. The highest BCUT2D eigenvalue weighted by molar-refractivity contribution is 14.1. The number of halogens is 6. The number of carbonyl (C=O) groups excluding carboxylic acids is 1. The number of thiocarbonyl (C=S) groups is 1. The number of rotatable bonds is 4. The minimum absolute atomic E-state index is 0.163. The summed E-state index contributed by atoms with van der Waals surface area (Å²) in [7, 11) is 0. The monoisotopic (exact) mass is 595 g/mol. The number of alkyl halides is 3. The Morgan fingerprint density at radius 2 is 1.78 bits per heavy atom. The van der Waals surface area contributed by atoms with Crippen molar-refractivity contribution in [3.05, 3.63) is 61.6 Å². The maximum Gasteiger partial charge on any atom is 0.254 e. The van der Waals surface area contributed by atoms with Crippen molar-refractivity contribution in [2.24, 2.45) is 0 Å². The molecule has 1 amide bonds. The Bertz CT molecular complexity index is 862. The van der Waals surface area contributed by atoms with Crippen molar-refractivity contribution in [3.8, 4) is 0 Å². The molecule has 2 aromatic carbocycles. The van der Waals surface area contributed by atoms with Gasteiger partial charge in [-0.3, -0.25) is 4.79 Å². The number of nitrogens with one attached hydrogen (secondary N) is 3. The summed E-state index contributed by atoms with van der Waals surface area (Å²) < 4.78 is -0.866. The maximum atomic E-state index is 12.5. The molecule has 0 heterocycles. The molecule has 2 aromatic rings. The molecule has 0 aliphatic heterocycles. The fourth-order valence-electron chi connectivity index (χ4n) is 1.95. The number of anilines is 1. The van der Waals surface area contributed by atoms with Gasteiger partial charge in [-0.2, -0.15) is 0 Å². The van der Waals surface area contributed by atoms with Gasteiger partial charge in [0.15, 0.2) is 5.11 Å². The molecular formula is C16H11Cl5IN3OS. The lowest BCUT2D eigenvalue weighted by molar-refractivity contribution is 0.0934. The van der Waals surface area contributed by atoms with E-state index in [0.717, 1.165) is 9.26 Å². The van der Waals surface area contributed by atoms with Crippen LogP contribution >= 0.6 is 92.8 Å². The molecule has 0 radical (unpaired) electrons. The molecule has 0 aliphatic carbocycles. The fourth-order valence-corrected chi connectivity index (χ4v) is 3.55. The second-order valence-electron chi connectivity index (χ2n) is 5.18. The molecule has 0 spiro atoms. The van der Waals surface area contributed by atoms with Crippen molar-refractivity contribution in [2.45, 2.75) is 9.96 Å². The second-order valence-corrected chi connectivity index (χ2v) is 10.0. The first kappa shape index (κ1) is 23.1. The summed E-state index contributed by atoms with van der Waals surface area (Å²) in [5.41, 5.74) is 0.924. The van der Waals surface area contributed by atoms with Gasteiger partial charge in [0.2, 0.25) is 3.79 Å². The first-order valence-corrected chi connectivity index (χ1v) is 10.6. The highest BCUT2D eigenvalue weighted by Gasteiger charge is 2.35. The Balaban J connectivity index is 2.11. The first-order chi connectivity index (χ1) is 12.6. The van der Waals surface area contributed by atoms with Gasteiger partial charge in [0.1, 0.15) is 6.17 Å². The van der Waals surface area contributed by atoms with Crippen LogP contribution in [-0.4, -0.2) is 21.0 Å². The maximum absolute atomic E-state index is 12.5. The highest BCUT2D eigenvalue weighted by Crippen LogP contribution is 2.30. The largest absolute Gasteiger partial charge is 0.339 e. The zero-order valence-electron chi connectivity index (χ0n) is 13.2. The van der Waals surface area contributed by atoms with Crippen LogP contribution in [0, 0.1) is 3.57 Å². The molecule has 144 valence electrons. The van der Waals surface area contributed by atoms with Gasteiger partial charge in [-0.25, -0.2) is 0 Å². The average Bonchev–Trinajstić information content (AvgIpc) is 2.53. The van der Waals surface area contributed by atoms with Crippen molar-refractivity contribution in [1.29, 1.82) is 0 Å². The topological polar surface area (TPSA) is 53.2 Å². The van der Waals surface area contributed by atoms with Crippen molar-refractivity contribution >= 4 is 110 Å². The predicted molar refractivity (Wildman–Crippen MR) is 127 cm³/mol. The Morgan fingerprint density at radius 1 is 1.07 bits per heavy atom. The molecule has 0 fully saturated rings. The summed E-state index contributed by atoms with van der Waals surface area (Å²) in [6, 6.07) is 11.9. The third-order valence-electron chi connectivity index (χ3n) is 3.14. The molecule has 27 heavy (non-hydrogen) atoms. The Morgan fingerprint density at radius 3 is 2.37 bits per heavy atom. The van der Waals surface area contributed by atoms with Gasteiger partial charge in [0, 0.05) is 14.3 Å². The van der Waals surface area contributed by atoms with Gasteiger partial charge in [0.05, 0.1) is 10.6 Å².